The van der Waals surface area contributed by atoms with Crippen LogP contribution in [0.2, 0.25) is 0 Å². The minimum atomic E-state index is -4.90. The van der Waals surface area contributed by atoms with E-state index in [1.165, 1.54) is 0 Å². The van der Waals surface area contributed by atoms with Gasteiger partial charge in [0.05, 0.1) is 17.2 Å². The van der Waals surface area contributed by atoms with E-state index in [2.05, 4.69) is 0 Å². The lowest BCUT2D eigenvalue weighted by atomic mass is 9.92. The van der Waals surface area contributed by atoms with Crippen molar-refractivity contribution in [1.29, 1.82) is 0 Å². The predicted octanol–water partition coefficient (Wildman–Crippen LogP) is 4.80. The number of aliphatic hydroxyl groups excluding tert-OH is 1. The molecule has 20 heavy (non-hydrogen) atoms. The van der Waals surface area contributed by atoms with Gasteiger partial charge in [0.2, 0.25) is 0 Å². The van der Waals surface area contributed by atoms with Crippen molar-refractivity contribution in [1.82, 2.24) is 0 Å². The molecule has 0 aliphatic heterocycles. The van der Waals surface area contributed by atoms with Crippen LogP contribution < -0.4 is 0 Å². The first-order chi connectivity index (χ1) is 8.96. The molecule has 1 aromatic carbocycles. The molecule has 0 aromatic heterocycles. The fourth-order valence-corrected chi connectivity index (χ4v) is 1.70. The number of alkyl halides is 6. The maximum Gasteiger partial charge on any atom is 0.416 e. The van der Waals surface area contributed by atoms with E-state index in [0.717, 1.165) is 0 Å². The van der Waals surface area contributed by atoms with Gasteiger partial charge in [0.1, 0.15) is 0 Å². The highest BCUT2D eigenvalue weighted by Gasteiger charge is 2.37. The minimum Gasteiger partial charge on any atom is -0.388 e. The molecule has 7 heteroatoms. The van der Waals surface area contributed by atoms with Crippen LogP contribution in [0.15, 0.2) is 18.2 Å². The smallest absolute Gasteiger partial charge is 0.388 e. The number of halogens is 6. The molecule has 0 aliphatic carbocycles. The van der Waals surface area contributed by atoms with Gasteiger partial charge in [-0.05, 0) is 29.7 Å². The van der Waals surface area contributed by atoms with Gasteiger partial charge in [0.15, 0.2) is 0 Å². The number of benzene rings is 1. The number of aliphatic hydroxyl groups is 1. The maximum atomic E-state index is 12.6. The lowest BCUT2D eigenvalue weighted by molar-refractivity contribution is -0.143. The Morgan fingerprint density at radius 2 is 1.35 bits per heavy atom. The van der Waals surface area contributed by atoms with Gasteiger partial charge in [0, 0.05) is 0 Å². The zero-order chi connectivity index (χ0) is 15.7. The van der Waals surface area contributed by atoms with Crippen LogP contribution in [-0.4, -0.2) is 5.11 Å². The van der Waals surface area contributed by atoms with Crippen LogP contribution in [-0.2, 0) is 12.4 Å². The molecule has 1 aromatic rings. The molecule has 1 rings (SSSR count). The van der Waals surface area contributed by atoms with Crippen LogP contribution in [0, 0.1) is 5.92 Å². The van der Waals surface area contributed by atoms with E-state index in [4.69, 9.17) is 0 Å². The molecule has 0 heterocycles. The Morgan fingerprint density at radius 3 is 1.65 bits per heavy atom. The van der Waals surface area contributed by atoms with Gasteiger partial charge in [-0.15, -0.1) is 0 Å². The minimum absolute atomic E-state index is 0.0484. The summed E-state index contributed by atoms with van der Waals surface area (Å²) in [7, 11) is 0. The average Bonchev–Trinajstić information content (AvgIpc) is 2.34. The van der Waals surface area contributed by atoms with Crippen molar-refractivity contribution in [2.24, 2.45) is 5.92 Å². The van der Waals surface area contributed by atoms with Crippen LogP contribution in [0.1, 0.15) is 43.1 Å². The van der Waals surface area contributed by atoms with Crippen molar-refractivity contribution < 1.29 is 31.4 Å². The second kappa shape index (κ2) is 5.63. The van der Waals surface area contributed by atoms with Crippen LogP contribution in [0.3, 0.4) is 0 Å². The van der Waals surface area contributed by atoms with Crippen molar-refractivity contribution in [3.8, 4) is 0 Å². The summed E-state index contributed by atoms with van der Waals surface area (Å²) in [5, 5.41) is 9.83. The molecule has 2 atom stereocenters. The first-order valence-electron chi connectivity index (χ1n) is 5.94. The number of rotatable bonds is 3. The van der Waals surface area contributed by atoms with Gasteiger partial charge in [-0.1, -0.05) is 20.3 Å². The zero-order valence-corrected chi connectivity index (χ0v) is 10.8. The van der Waals surface area contributed by atoms with Gasteiger partial charge in [-0.25, -0.2) is 0 Å². The number of hydrogen-bond donors (Lipinski definition) is 1. The van der Waals surface area contributed by atoms with Crippen molar-refractivity contribution >= 4 is 0 Å². The fraction of sp³-hybridized carbons (Fsp3) is 0.538. The SMILES string of the molecule is CCC(C)C(O)c1cc(C(F)(F)F)cc(C(F)(F)F)c1. The van der Waals surface area contributed by atoms with Crippen LogP contribution in [0.5, 0.6) is 0 Å². The molecular weight excluding hydrogens is 286 g/mol. The first kappa shape index (κ1) is 16.8. The van der Waals surface area contributed by atoms with E-state index in [1.807, 2.05) is 0 Å². The highest BCUT2D eigenvalue weighted by Crippen LogP contribution is 2.38. The van der Waals surface area contributed by atoms with Gasteiger partial charge >= 0.3 is 12.4 Å². The molecule has 0 aliphatic rings. The molecule has 114 valence electrons. The largest absolute Gasteiger partial charge is 0.416 e. The summed E-state index contributed by atoms with van der Waals surface area (Å²) in [5.74, 6) is -0.445. The molecule has 0 spiro atoms. The van der Waals surface area contributed by atoms with Crippen molar-refractivity contribution in [2.75, 3.05) is 0 Å². The third kappa shape index (κ3) is 3.88. The maximum absolute atomic E-state index is 12.6. The quantitative estimate of drug-likeness (QED) is 0.795. The summed E-state index contributed by atoms with van der Waals surface area (Å²) in [6.45, 7) is 3.24. The molecule has 1 nitrogen and oxygen atoms in total. The second-order valence-electron chi connectivity index (χ2n) is 4.67. The third-order valence-electron chi connectivity index (χ3n) is 3.13. The Labute approximate surface area is 112 Å². The molecule has 1 N–H and O–H groups in total. The van der Waals surface area contributed by atoms with E-state index in [1.54, 1.807) is 13.8 Å². The lowest BCUT2D eigenvalue weighted by Gasteiger charge is -2.20. The van der Waals surface area contributed by atoms with Crippen molar-refractivity contribution in [2.45, 2.75) is 38.7 Å². The van der Waals surface area contributed by atoms with Crippen LogP contribution in [0.4, 0.5) is 26.3 Å². The molecule has 0 saturated heterocycles. The Bertz CT molecular complexity index is 431. The first-order valence-corrected chi connectivity index (χ1v) is 5.94. The van der Waals surface area contributed by atoms with E-state index in [-0.39, 0.29) is 11.6 Å². The Hall–Kier alpha value is -1.24. The Kier molecular flexibility index (Phi) is 4.74. The van der Waals surface area contributed by atoms with Crippen LogP contribution >= 0.6 is 0 Å². The molecule has 0 amide bonds. The van der Waals surface area contributed by atoms with E-state index in [0.29, 0.717) is 18.6 Å². The number of hydrogen-bond acceptors (Lipinski definition) is 1. The summed E-state index contributed by atoms with van der Waals surface area (Å²) in [6.07, 6.45) is -10.7. The standard InChI is InChI=1S/C13H14F6O/c1-3-7(2)11(20)8-4-9(12(14,15)16)6-10(5-8)13(17,18)19/h4-7,11,20H,3H2,1-2H3. The topological polar surface area (TPSA) is 20.2 Å². The Balaban J connectivity index is 3.38. The summed E-state index contributed by atoms with van der Waals surface area (Å²) in [6, 6.07) is 1.17. The molecular formula is C13H14F6O. The van der Waals surface area contributed by atoms with Gasteiger partial charge in [-0.3, -0.25) is 0 Å². The lowest BCUT2D eigenvalue weighted by Crippen LogP contribution is -2.15. The summed E-state index contributed by atoms with van der Waals surface area (Å²) in [4.78, 5) is 0. The monoisotopic (exact) mass is 300 g/mol. The van der Waals surface area contributed by atoms with Gasteiger partial charge < -0.3 is 5.11 Å². The molecule has 0 saturated carbocycles. The molecule has 2 unspecified atom stereocenters. The average molecular weight is 300 g/mol. The van der Waals surface area contributed by atoms with Gasteiger partial charge in [-0.2, -0.15) is 26.3 Å². The fourth-order valence-electron chi connectivity index (χ4n) is 1.70. The van der Waals surface area contributed by atoms with Crippen molar-refractivity contribution in [3.05, 3.63) is 34.9 Å². The molecule has 0 radical (unpaired) electrons. The van der Waals surface area contributed by atoms with E-state index < -0.39 is 35.5 Å². The zero-order valence-electron chi connectivity index (χ0n) is 10.8. The van der Waals surface area contributed by atoms with E-state index in [9.17, 15) is 31.4 Å². The second-order valence-corrected chi connectivity index (χ2v) is 4.67. The van der Waals surface area contributed by atoms with Gasteiger partial charge in [0.25, 0.3) is 0 Å². The normalized spacial score (nSPS) is 16.1. The summed E-state index contributed by atoms with van der Waals surface area (Å²) in [5.41, 5.74) is -3.20. The summed E-state index contributed by atoms with van der Waals surface area (Å²) >= 11 is 0. The van der Waals surface area contributed by atoms with E-state index >= 15 is 0 Å². The Morgan fingerprint density at radius 1 is 0.950 bits per heavy atom. The van der Waals surface area contributed by atoms with Crippen LogP contribution in [0.25, 0.3) is 0 Å². The third-order valence-corrected chi connectivity index (χ3v) is 3.13. The highest BCUT2D eigenvalue weighted by atomic mass is 19.4. The van der Waals surface area contributed by atoms with Crippen molar-refractivity contribution in [3.63, 3.8) is 0 Å². The predicted molar refractivity (Wildman–Crippen MR) is 60.9 cm³/mol. The molecule has 0 fully saturated rings. The highest BCUT2D eigenvalue weighted by molar-refractivity contribution is 5.35. The summed E-state index contributed by atoms with van der Waals surface area (Å²) < 4.78 is 75.8. The molecule has 0 bridgehead atoms.